The van der Waals surface area contributed by atoms with Crippen LogP contribution < -0.4 is 5.32 Å². The first-order chi connectivity index (χ1) is 12.0. The van der Waals surface area contributed by atoms with Crippen molar-refractivity contribution in [3.63, 3.8) is 0 Å². The highest BCUT2D eigenvalue weighted by atomic mass is 16.5. The first-order valence-electron chi connectivity index (χ1n) is 8.98. The molecule has 0 bridgehead atoms. The molecule has 2 unspecified atom stereocenters. The summed E-state index contributed by atoms with van der Waals surface area (Å²) in [5.41, 5.74) is 2.98. The lowest BCUT2D eigenvalue weighted by atomic mass is 10.0. The van der Waals surface area contributed by atoms with Crippen molar-refractivity contribution in [2.24, 2.45) is 0 Å². The number of piperidine rings is 1. The Morgan fingerprint density at radius 2 is 2.24 bits per heavy atom. The van der Waals surface area contributed by atoms with Crippen molar-refractivity contribution in [2.45, 2.75) is 59.0 Å². The molecule has 2 aromatic rings. The fourth-order valence-corrected chi connectivity index (χ4v) is 3.59. The summed E-state index contributed by atoms with van der Waals surface area (Å²) in [7, 11) is 0. The van der Waals surface area contributed by atoms with Crippen molar-refractivity contribution in [3.8, 4) is 0 Å². The maximum Gasteiger partial charge on any atom is 0.317 e. The van der Waals surface area contributed by atoms with E-state index in [0.29, 0.717) is 6.54 Å². The van der Waals surface area contributed by atoms with Crippen molar-refractivity contribution >= 4 is 6.03 Å². The summed E-state index contributed by atoms with van der Waals surface area (Å²) in [5.74, 6) is 0.771. The Bertz CT molecular complexity index is 716. The third-order valence-electron chi connectivity index (χ3n) is 4.93. The Kier molecular flexibility index (Phi) is 5.11. The summed E-state index contributed by atoms with van der Waals surface area (Å²) in [6, 6.07) is 0.138. The van der Waals surface area contributed by atoms with Gasteiger partial charge in [0.25, 0.3) is 0 Å². The Morgan fingerprint density at radius 1 is 1.44 bits per heavy atom. The molecule has 3 rings (SSSR count). The summed E-state index contributed by atoms with van der Waals surface area (Å²) in [6.07, 6.45) is 6.74. The van der Waals surface area contributed by atoms with Crippen LogP contribution >= 0.6 is 0 Å². The van der Waals surface area contributed by atoms with Gasteiger partial charge in [-0.2, -0.15) is 5.10 Å². The average Bonchev–Trinajstić information content (AvgIpc) is 3.19. The van der Waals surface area contributed by atoms with Gasteiger partial charge in [-0.15, -0.1) is 0 Å². The molecule has 0 aliphatic carbocycles. The Labute approximate surface area is 148 Å². The first kappa shape index (κ1) is 17.5. The molecule has 25 heavy (non-hydrogen) atoms. The van der Waals surface area contributed by atoms with Crippen LogP contribution in [0.15, 0.2) is 16.9 Å². The lowest BCUT2D eigenvalue weighted by Crippen LogP contribution is -2.47. The monoisotopic (exact) mass is 345 g/mol. The van der Waals surface area contributed by atoms with E-state index in [2.05, 4.69) is 22.5 Å². The summed E-state index contributed by atoms with van der Waals surface area (Å²) in [6.45, 7) is 9.36. The molecule has 7 heteroatoms. The summed E-state index contributed by atoms with van der Waals surface area (Å²) in [4.78, 5) is 14.7. The second-order valence-corrected chi connectivity index (χ2v) is 6.89. The number of rotatable bonds is 4. The number of amides is 2. The van der Waals surface area contributed by atoms with E-state index >= 15 is 0 Å². The number of carbonyl (C=O) groups is 1. The quantitative estimate of drug-likeness (QED) is 0.922. The number of nitrogens with zero attached hydrogens (tertiary/aromatic N) is 4. The standard InChI is InChI=1S/C18H27N5O2/c1-5-16(17-13(3)21-25-14(17)4)20-18(24)22-8-6-7-15(11-22)23-10-12(2)9-19-23/h9-10,15-16H,5-8,11H2,1-4H3,(H,20,24). The highest BCUT2D eigenvalue weighted by molar-refractivity contribution is 5.75. The Morgan fingerprint density at radius 3 is 2.84 bits per heavy atom. The molecule has 0 spiro atoms. The molecule has 2 amide bonds. The molecule has 3 heterocycles. The maximum atomic E-state index is 12.8. The molecule has 1 saturated heterocycles. The Hall–Kier alpha value is -2.31. The van der Waals surface area contributed by atoms with E-state index in [1.54, 1.807) is 0 Å². The van der Waals surface area contributed by atoms with Gasteiger partial charge < -0.3 is 14.7 Å². The van der Waals surface area contributed by atoms with Crippen LogP contribution in [0.5, 0.6) is 0 Å². The zero-order valence-electron chi connectivity index (χ0n) is 15.5. The van der Waals surface area contributed by atoms with Gasteiger partial charge in [0.1, 0.15) is 5.76 Å². The molecule has 2 aromatic heterocycles. The second-order valence-electron chi connectivity index (χ2n) is 6.89. The van der Waals surface area contributed by atoms with Crippen LogP contribution in [0.1, 0.15) is 60.9 Å². The summed E-state index contributed by atoms with van der Waals surface area (Å²) in [5, 5.41) is 11.6. The van der Waals surface area contributed by atoms with E-state index in [9.17, 15) is 4.79 Å². The molecule has 0 aromatic carbocycles. The number of nitrogens with one attached hydrogen (secondary N) is 1. The molecular formula is C18H27N5O2. The smallest absolute Gasteiger partial charge is 0.317 e. The minimum Gasteiger partial charge on any atom is -0.361 e. The molecule has 136 valence electrons. The average molecular weight is 345 g/mol. The van der Waals surface area contributed by atoms with Crippen LogP contribution in [0.3, 0.4) is 0 Å². The topological polar surface area (TPSA) is 76.2 Å². The molecule has 1 N–H and O–H groups in total. The molecule has 1 aliphatic rings. The predicted octanol–water partition coefficient (Wildman–Crippen LogP) is 3.29. The number of hydrogen-bond donors (Lipinski definition) is 1. The van der Waals surface area contributed by atoms with E-state index in [0.717, 1.165) is 48.4 Å². The minimum absolute atomic E-state index is 0.0274. The number of hydrogen-bond acceptors (Lipinski definition) is 4. The van der Waals surface area contributed by atoms with Crippen molar-refractivity contribution in [1.82, 2.24) is 25.2 Å². The van der Waals surface area contributed by atoms with Crippen LogP contribution in [0.2, 0.25) is 0 Å². The van der Waals surface area contributed by atoms with Gasteiger partial charge in [0.15, 0.2) is 0 Å². The highest BCUT2D eigenvalue weighted by Crippen LogP contribution is 2.26. The van der Waals surface area contributed by atoms with Crippen LogP contribution in [-0.4, -0.2) is 39.0 Å². The minimum atomic E-state index is -0.0777. The molecule has 0 saturated carbocycles. The molecule has 1 aliphatic heterocycles. The molecule has 2 atom stereocenters. The zero-order chi connectivity index (χ0) is 18.0. The molecular weight excluding hydrogens is 318 g/mol. The van der Waals surface area contributed by atoms with E-state index in [-0.39, 0.29) is 18.1 Å². The fourth-order valence-electron chi connectivity index (χ4n) is 3.59. The lowest BCUT2D eigenvalue weighted by Gasteiger charge is -2.34. The number of aromatic nitrogens is 3. The van der Waals surface area contributed by atoms with Crippen molar-refractivity contribution in [3.05, 3.63) is 35.0 Å². The predicted molar refractivity (Wildman–Crippen MR) is 94.3 cm³/mol. The summed E-state index contributed by atoms with van der Waals surface area (Å²) < 4.78 is 7.24. The van der Waals surface area contributed by atoms with Crippen LogP contribution in [0.25, 0.3) is 0 Å². The van der Waals surface area contributed by atoms with E-state index in [1.807, 2.05) is 42.7 Å². The van der Waals surface area contributed by atoms with Gasteiger partial charge in [0.2, 0.25) is 0 Å². The van der Waals surface area contributed by atoms with Gasteiger partial charge in [0.05, 0.1) is 24.0 Å². The van der Waals surface area contributed by atoms with E-state index in [4.69, 9.17) is 4.52 Å². The lowest BCUT2D eigenvalue weighted by molar-refractivity contribution is 0.159. The van der Waals surface area contributed by atoms with Gasteiger partial charge in [-0.3, -0.25) is 4.68 Å². The van der Waals surface area contributed by atoms with E-state index < -0.39 is 0 Å². The molecule has 1 fully saturated rings. The van der Waals surface area contributed by atoms with Crippen molar-refractivity contribution in [1.29, 1.82) is 0 Å². The number of likely N-dealkylation sites (tertiary alicyclic amines) is 1. The first-order valence-corrected chi connectivity index (χ1v) is 8.98. The summed E-state index contributed by atoms with van der Waals surface area (Å²) >= 11 is 0. The van der Waals surface area contributed by atoms with Crippen molar-refractivity contribution < 1.29 is 9.32 Å². The highest BCUT2D eigenvalue weighted by Gasteiger charge is 2.28. The van der Waals surface area contributed by atoms with Gasteiger partial charge >= 0.3 is 6.03 Å². The number of aryl methyl sites for hydroxylation is 3. The van der Waals surface area contributed by atoms with Gasteiger partial charge in [-0.25, -0.2) is 4.79 Å². The number of urea groups is 1. The van der Waals surface area contributed by atoms with Gasteiger partial charge in [0, 0.05) is 24.8 Å². The largest absolute Gasteiger partial charge is 0.361 e. The number of carbonyl (C=O) groups excluding carboxylic acids is 1. The Balaban J connectivity index is 1.67. The van der Waals surface area contributed by atoms with Gasteiger partial charge in [-0.05, 0) is 45.6 Å². The van der Waals surface area contributed by atoms with Crippen molar-refractivity contribution in [2.75, 3.05) is 13.1 Å². The van der Waals surface area contributed by atoms with Gasteiger partial charge in [-0.1, -0.05) is 12.1 Å². The molecule has 0 radical (unpaired) electrons. The third-order valence-corrected chi connectivity index (χ3v) is 4.93. The van der Waals surface area contributed by atoms with Crippen LogP contribution in [0, 0.1) is 20.8 Å². The maximum absolute atomic E-state index is 12.8. The fraction of sp³-hybridized carbons (Fsp3) is 0.611. The normalized spacial score (nSPS) is 19.0. The van der Waals surface area contributed by atoms with Crippen LogP contribution in [-0.2, 0) is 0 Å². The third kappa shape index (κ3) is 3.70. The van der Waals surface area contributed by atoms with E-state index in [1.165, 1.54) is 0 Å². The van der Waals surface area contributed by atoms with Crippen LogP contribution in [0.4, 0.5) is 4.79 Å². The zero-order valence-corrected chi connectivity index (χ0v) is 15.5. The molecule has 7 nitrogen and oxygen atoms in total. The second kappa shape index (κ2) is 7.29. The SMILES string of the molecule is CCC(NC(=O)N1CCCC(n2cc(C)cn2)C1)c1c(C)noc1C.